The predicted molar refractivity (Wildman–Crippen MR) is 127 cm³/mol. The zero-order chi connectivity index (χ0) is 23.1. The van der Waals surface area contributed by atoms with Crippen LogP contribution >= 0.6 is 0 Å². The number of carbonyl (C=O) groups excluding carboxylic acids is 1. The lowest BCUT2D eigenvalue weighted by molar-refractivity contribution is 0.0954. The van der Waals surface area contributed by atoms with E-state index >= 15 is 0 Å². The highest BCUT2D eigenvalue weighted by molar-refractivity contribution is 5.98. The summed E-state index contributed by atoms with van der Waals surface area (Å²) in [6.07, 6.45) is 2.15. The first-order valence-electron chi connectivity index (χ1n) is 11.1. The van der Waals surface area contributed by atoms with E-state index in [2.05, 4.69) is 82.5 Å². The smallest absolute Gasteiger partial charge is 0.256 e. The molecule has 1 aliphatic heterocycles. The number of hydrogen-bond donors (Lipinski definition) is 2. The average molecular weight is 435 g/mol. The van der Waals surface area contributed by atoms with Crippen LogP contribution in [0.3, 0.4) is 0 Å². The summed E-state index contributed by atoms with van der Waals surface area (Å²) in [5.41, 5.74) is 2.76. The molecule has 1 aromatic carbocycles. The minimum Gasteiger partial charge on any atom is -0.369 e. The van der Waals surface area contributed by atoms with Crippen LogP contribution in [-0.2, 0) is 6.42 Å². The standard InChI is InChI=1S/C24H33N7O/c1-24(2,3)17-28-22-20(16-27-21(15-25)29-22)23(32)26-9-8-18-6-5-7-19(14-18)31-12-10-30(4)11-13-31/h5-7,14,16H,8-13,17H2,1-4H3,(H,26,32)(H,27,28,29)/i4-1. The fraction of sp³-hybridized carbons (Fsp3) is 0.500. The maximum Gasteiger partial charge on any atom is 0.256 e. The third-order valence-electron chi connectivity index (χ3n) is 5.40. The summed E-state index contributed by atoms with van der Waals surface area (Å²) < 4.78 is 0. The Morgan fingerprint density at radius 1 is 1.22 bits per heavy atom. The van der Waals surface area contributed by atoms with Gasteiger partial charge in [-0.15, -0.1) is 0 Å². The van der Waals surface area contributed by atoms with Gasteiger partial charge in [-0.2, -0.15) is 5.26 Å². The highest BCUT2D eigenvalue weighted by Crippen LogP contribution is 2.19. The number of nitrogens with zero attached hydrogens (tertiary/aromatic N) is 5. The largest absolute Gasteiger partial charge is 0.369 e. The molecule has 8 nitrogen and oxygen atoms in total. The van der Waals surface area contributed by atoms with Gasteiger partial charge in [-0.25, -0.2) is 9.97 Å². The van der Waals surface area contributed by atoms with Crippen molar-refractivity contribution >= 4 is 17.4 Å². The summed E-state index contributed by atoms with van der Waals surface area (Å²) in [6, 6.07) is 10.5. The zero-order valence-corrected chi connectivity index (χ0v) is 19.5. The molecule has 1 aromatic heterocycles. The molecule has 2 heterocycles. The number of likely N-dealkylation sites (N-methyl/N-ethyl adjacent to an activating group) is 1. The molecule has 1 amide bonds. The Labute approximate surface area is 190 Å². The summed E-state index contributed by atoms with van der Waals surface area (Å²) >= 11 is 0. The molecule has 2 N–H and O–H groups in total. The third kappa shape index (κ3) is 6.66. The SMILES string of the molecule is CC(C)(C)CNc1nc(C#N)ncc1C(=O)NCCc1cccc(N2CCN([11CH3])CC2)c1. The first-order valence-corrected chi connectivity index (χ1v) is 11.1. The highest BCUT2D eigenvalue weighted by Gasteiger charge is 2.18. The molecule has 0 spiro atoms. The van der Waals surface area contributed by atoms with Crippen molar-refractivity contribution in [1.29, 1.82) is 5.26 Å². The van der Waals surface area contributed by atoms with E-state index in [4.69, 9.17) is 5.26 Å². The number of carbonyl (C=O) groups is 1. The zero-order valence-electron chi connectivity index (χ0n) is 19.5. The van der Waals surface area contributed by atoms with E-state index < -0.39 is 0 Å². The van der Waals surface area contributed by atoms with Crippen LogP contribution in [0.1, 0.15) is 42.5 Å². The van der Waals surface area contributed by atoms with Gasteiger partial charge in [0.1, 0.15) is 17.5 Å². The molecular formula is C24H33N7O. The van der Waals surface area contributed by atoms with Crippen LogP contribution in [0.2, 0.25) is 0 Å². The van der Waals surface area contributed by atoms with Crippen LogP contribution < -0.4 is 15.5 Å². The molecule has 0 saturated carbocycles. The molecule has 0 unspecified atom stereocenters. The van der Waals surface area contributed by atoms with Gasteiger partial charge in [0.2, 0.25) is 5.82 Å². The Kier molecular flexibility index (Phi) is 7.65. The number of amides is 1. The van der Waals surface area contributed by atoms with E-state index in [0.717, 1.165) is 32.6 Å². The molecule has 2 aromatic rings. The normalized spacial score (nSPS) is 14.7. The van der Waals surface area contributed by atoms with Gasteiger partial charge in [-0.1, -0.05) is 32.9 Å². The average Bonchev–Trinajstić information content (AvgIpc) is 2.77. The maximum absolute atomic E-state index is 12.8. The number of hydrogen-bond acceptors (Lipinski definition) is 7. The van der Waals surface area contributed by atoms with E-state index in [0.29, 0.717) is 24.5 Å². The Morgan fingerprint density at radius 3 is 2.66 bits per heavy atom. The van der Waals surface area contributed by atoms with Crippen molar-refractivity contribution in [2.45, 2.75) is 27.2 Å². The maximum atomic E-state index is 12.8. The monoisotopic (exact) mass is 434 g/mol. The van der Waals surface area contributed by atoms with Crippen molar-refractivity contribution in [3.8, 4) is 6.07 Å². The quantitative estimate of drug-likeness (QED) is 0.691. The molecular weight excluding hydrogens is 401 g/mol. The highest BCUT2D eigenvalue weighted by atomic mass is 16.1. The Morgan fingerprint density at radius 2 is 1.97 bits per heavy atom. The van der Waals surface area contributed by atoms with Crippen molar-refractivity contribution < 1.29 is 4.79 Å². The Balaban J connectivity index is 1.60. The first-order chi connectivity index (χ1) is 15.2. The lowest BCUT2D eigenvalue weighted by Gasteiger charge is -2.34. The van der Waals surface area contributed by atoms with E-state index in [-0.39, 0.29) is 17.1 Å². The van der Waals surface area contributed by atoms with Crippen LogP contribution in [0.25, 0.3) is 0 Å². The number of nitriles is 1. The summed E-state index contributed by atoms with van der Waals surface area (Å²) in [7, 11) is 2.15. The van der Waals surface area contributed by atoms with Crippen molar-refractivity contribution in [2.75, 3.05) is 56.5 Å². The number of piperazine rings is 1. The molecule has 170 valence electrons. The van der Waals surface area contributed by atoms with Gasteiger partial charge in [0.05, 0.1) is 0 Å². The summed E-state index contributed by atoms with van der Waals surface area (Å²) in [4.78, 5) is 25.7. The summed E-state index contributed by atoms with van der Waals surface area (Å²) in [6.45, 7) is 11.6. The van der Waals surface area contributed by atoms with Gasteiger partial charge in [-0.05, 0) is 36.6 Å². The van der Waals surface area contributed by atoms with Gasteiger partial charge in [0, 0.05) is 51.2 Å². The van der Waals surface area contributed by atoms with E-state index in [9.17, 15) is 4.79 Å². The van der Waals surface area contributed by atoms with Crippen LogP contribution in [0.4, 0.5) is 11.5 Å². The summed E-state index contributed by atoms with van der Waals surface area (Å²) in [5.74, 6) is 0.181. The molecule has 1 aliphatic rings. The molecule has 0 radical (unpaired) electrons. The van der Waals surface area contributed by atoms with Crippen LogP contribution in [-0.4, -0.2) is 67.1 Å². The van der Waals surface area contributed by atoms with Crippen LogP contribution in [0, 0.1) is 16.7 Å². The second-order valence-electron chi connectivity index (χ2n) is 9.45. The van der Waals surface area contributed by atoms with E-state index in [1.807, 2.05) is 6.07 Å². The number of aromatic nitrogens is 2. The molecule has 32 heavy (non-hydrogen) atoms. The second-order valence-corrected chi connectivity index (χ2v) is 9.45. The van der Waals surface area contributed by atoms with Gasteiger partial charge in [0.25, 0.3) is 5.91 Å². The van der Waals surface area contributed by atoms with Crippen molar-refractivity contribution in [2.24, 2.45) is 5.41 Å². The molecule has 0 aliphatic carbocycles. The van der Waals surface area contributed by atoms with Crippen LogP contribution in [0.5, 0.6) is 0 Å². The van der Waals surface area contributed by atoms with Crippen molar-refractivity contribution in [3.05, 3.63) is 47.4 Å². The van der Waals surface area contributed by atoms with Crippen molar-refractivity contribution in [3.63, 3.8) is 0 Å². The van der Waals surface area contributed by atoms with E-state index in [1.165, 1.54) is 17.4 Å². The third-order valence-corrected chi connectivity index (χ3v) is 5.40. The number of rotatable bonds is 7. The lowest BCUT2D eigenvalue weighted by Crippen LogP contribution is -2.44. The molecule has 3 rings (SSSR count). The van der Waals surface area contributed by atoms with Gasteiger partial charge >= 0.3 is 0 Å². The fourth-order valence-corrected chi connectivity index (χ4v) is 3.47. The number of anilines is 2. The molecule has 0 bridgehead atoms. The minimum absolute atomic E-state index is 0.000289. The number of nitrogens with one attached hydrogen (secondary N) is 2. The first kappa shape index (κ1) is 23.5. The van der Waals surface area contributed by atoms with Crippen LogP contribution in [0.15, 0.2) is 30.5 Å². The molecule has 0 atom stereocenters. The van der Waals surface area contributed by atoms with Gasteiger partial charge in [0.15, 0.2) is 0 Å². The van der Waals surface area contributed by atoms with Gasteiger partial charge in [-0.3, -0.25) is 4.79 Å². The Bertz CT molecular complexity index is 969. The van der Waals surface area contributed by atoms with Crippen molar-refractivity contribution in [1.82, 2.24) is 20.2 Å². The molecule has 1 saturated heterocycles. The number of benzene rings is 1. The Hall–Kier alpha value is -3.18. The lowest BCUT2D eigenvalue weighted by atomic mass is 9.97. The summed E-state index contributed by atoms with van der Waals surface area (Å²) in [5, 5.41) is 15.3. The topological polar surface area (TPSA) is 97.2 Å². The predicted octanol–water partition coefficient (Wildman–Crippen LogP) is 2.53. The molecule has 8 heteroatoms. The van der Waals surface area contributed by atoms with Gasteiger partial charge < -0.3 is 20.4 Å². The fourth-order valence-electron chi connectivity index (χ4n) is 3.47. The second kappa shape index (κ2) is 10.4. The minimum atomic E-state index is -0.249. The van der Waals surface area contributed by atoms with E-state index in [1.54, 1.807) is 0 Å². The molecule has 1 fully saturated rings.